The number of likely N-dealkylation sites (tertiary alicyclic amines) is 1. The number of carbonyl (C=O) groups is 1. The van der Waals surface area contributed by atoms with E-state index in [0.717, 1.165) is 32.4 Å². The molecule has 0 bridgehead atoms. The van der Waals surface area contributed by atoms with E-state index in [1.807, 2.05) is 0 Å². The van der Waals surface area contributed by atoms with Crippen LogP contribution >= 0.6 is 0 Å². The van der Waals surface area contributed by atoms with Crippen molar-refractivity contribution in [1.29, 1.82) is 0 Å². The van der Waals surface area contributed by atoms with Crippen LogP contribution in [0, 0.1) is 5.92 Å². The monoisotopic (exact) mass is 296 g/mol. The molecule has 3 rings (SSSR count). The van der Waals surface area contributed by atoms with E-state index in [1.54, 1.807) is 0 Å². The first-order valence-electron chi connectivity index (χ1n) is 8.46. The van der Waals surface area contributed by atoms with Gasteiger partial charge in [0.1, 0.15) is 0 Å². The topological polar surface area (TPSA) is 50.8 Å². The molecule has 1 amide bonds. The largest absolute Gasteiger partial charge is 0.352 e. The Labute approximate surface area is 127 Å². The minimum atomic E-state index is -0.342. The Morgan fingerprint density at radius 1 is 1.19 bits per heavy atom. The van der Waals surface area contributed by atoms with E-state index < -0.39 is 0 Å². The van der Waals surface area contributed by atoms with Gasteiger partial charge in [0.2, 0.25) is 5.91 Å². The predicted octanol–water partition coefficient (Wildman–Crippen LogP) is 1.52. The molecule has 0 unspecified atom stereocenters. The Bertz CT molecular complexity index is 359. The Hall–Kier alpha value is -0.650. The molecule has 3 fully saturated rings. The van der Waals surface area contributed by atoms with Crippen LogP contribution in [0.1, 0.15) is 45.4 Å². The number of hydrogen-bond acceptors (Lipinski definition) is 4. The zero-order valence-corrected chi connectivity index (χ0v) is 13.1. The smallest absolute Gasteiger partial charge is 0.234 e. The van der Waals surface area contributed by atoms with E-state index in [2.05, 4.69) is 17.1 Å². The molecule has 1 N–H and O–H groups in total. The second kappa shape index (κ2) is 6.63. The quantitative estimate of drug-likeness (QED) is 0.858. The summed E-state index contributed by atoms with van der Waals surface area (Å²) in [6.45, 7) is 5.95. The molecular formula is C16H28N2O3. The van der Waals surface area contributed by atoms with Gasteiger partial charge >= 0.3 is 0 Å². The maximum absolute atomic E-state index is 12.2. The fourth-order valence-electron chi connectivity index (χ4n) is 3.82. The molecule has 2 heterocycles. The molecule has 0 aromatic carbocycles. The number of piperidine rings is 1. The molecule has 120 valence electrons. The van der Waals surface area contributed by atoms with E-state index in [0.29, 0.717) is 31.7 Å². The second-order valence-corrected chi connectivity index (χ2v) is 6.82. The van der Waals surface area contributed by atoms with Crippen LogP contribution in [-0.4, -0.2) is 55.5 Å². The fourth-order valence-corrected chi connectivity index (χ4v) is 3.82. The average molecular weight is 296 g/mol. The van der Waals surface area contributed by atoms with Crippen LogP contribution in [0.4, 0.5) is 0 Å². The molecule has 2 aliphatic heterocycles. The van der Waals surface area contributed by atoms with Crippen molar-refractivity contribution in [3.63, 3.8) is 0 Å². The van der Waals surface area contributed by atoms with Crippen molar-refractivity contribution in [2.75, 3.05) is 32.8 Å². The van der Waals surface area contributed by atoms with Gasteiger partial charge in [0, 0.05) is 32.0 Å². The number of ether oxygens (including phenoxy) is 2. The van der Waals surface area contributed by atoms with Gasteiger partial charge in [-0.3, -0.25) is 9.69 Å². The summed E-state index contributed by atoms with van der Waals surface area (Å²) in [6.07, 6.45) is 6.68. The lowest BCUT2D eigenvalue weighted by atomic mass is 9.86. The third-order valence-corrected chi connectivity index (χ3v) is 5.26. The normalized spacial score (nSPS) is 33.2. The summed E-state index contributed by atoms with van der Waals surface area (Å²) < 4.78 is 11.4. The highest BCUT2D eigenvalue weighted by Crippen LogP contribution is 2.31. The van der Waals surface area contributed by atoms with E-state index >= 15 is 0 Å². The van der Waals surface area contributed by atoms with Crippen LogP contribution < -0.4 is 5.32 Å². The van der Waals surface area contributed by atoms with Gasteiger partial charge in [0.25, 0.3) is 0 Å². The van der Waals surface area contributed by atoms with Crippen LogP contribution in [-0.2, 0) is 14.3 Å². The molecule has 1 aliphatic carbocycles. The van der Waals surface area contributed by atoms with Crippen molar-refractivity contribution in [3.8, 4) is 0 Å². The van der Waals surface area contributed by atoms with E-state index in [4.69, 9.17) is 9.47 Å². The molecule has 1 spiro atoms. The summed E-state index contributed by atoms with van der Waals surface area (Å²) >= 11 is 0. The molecular weight excluding hydrogens is 268 g/mol. The van der Waals surface area contributed by atoms with Crippen LogP contribution in [0.25, 0.3) is 0 Å². The first-order valence-corrected chi connectivity index (χ1v) is 8.46. The van der Waals surface area contributed by atoms with E-state index in [1.165, 1.54) is 19.3 Å². The molecule has 5 heteroatoms. The number of nitrogens with zero attached hydrogens (tertiary/aromatic N) is 1. The maximum atomic E-state index is 12.2. The van der Waals surface area contributed by atoms with Gasteiger partial charge in [-0.05, 0) is 18.8 Å². The Balaban J connectivity index is 1.41. The van der Waals surface area contributed by atoms with Gasteiger partial charge in [-0.25, -0.2) is 0 Å². The van der Waals surface area contributed by atoms with Gasteiger partial charge in [0.15, 0.2) is 5.79 Å². The van der Waals surface area contributed by atoms with Crippen molar-refractivity contribution < 1.29 is 14.3 Å². The maximum Gasteiger partial charge on any atom is 0.234 e. The van der Waals surface area contributed by atoms with Gasteiger partial charge in [0.05, 0.1) is 19.8 Å². The summed E-state index contributed by atoms with van der Waals surface area (Å²) in [5, 5.41) is 3.23. The van der Waals surface area contributed by atoms with Gasteiger partial charge < -0.3 is 14.8 Å². The van der Waals surface area contributed by atoms with E-state index in [-0.39, 0.29) is 11.7 Å². The van der Waals surface area contributed by atoms with Crippen molar-refractivity contribution in [2.45, 2.75) is 57.3 Å². The number of rotatable bonds is 3. The minimum absolute atomic E-state index is 0.179. The Morgan fingerprint density at radius 3 is 2.52 bits per heavy atom. The van der Waals surface area contributed by atoms with Gasteiger partial charge in [-0.2, -0.15) is 0 Å². The molecule has 21 heavy (non-hydrogen) atoms. The average Bonchev–Trinajstić information content (AvgIpc) is 2.93. The zero-order chi connectivity index (χ0) is 14.7. The molecule has 5 nitrogen and oxygen atoms in total. The summed E-state index contributed by atoms with van der Waals surface area (Å²) in [6, 6.07) is 0.379. The molecule has 2 saturated heterocycles. The summed E-state index contributed by atoms with van der Waals surface area (Å²) in [7, 11) is 0. The molecule has 0 aromatic rings. The summed E-state index contributed by atoms with van der Waals surface area (Å²) in [5.41, 5.74) is 0. The highest BCUT2D eigenvalue weighted by molar-refractivity contribution is 5.78. The second-order valence-electron chi connectivity index (χ2n) is 6.82. The van der Waals surface area contributed by atoms with Crippen molar-refractivity contribution in [2.24, 2.45) is 5.92 Å². The number of amides is 1. The fraction of sp³-hybridized carbons (Fsp3) is 0.938. The Morgan fingerprint density at radius 2 is 1.86 bits per heavy atom. The van der Waals surface area contributed by atoms with Crippen molar-refractivity contribution in [3.05, 3.63) is 0 Å². The summed E-state index contributed by atoms with van der Waals surface area (Å²) in [5.74, 6) is 0.454. The lowest BCUT2D eigenvalue weighted by Crippen LogP contribution is -2.50. The molecule has 3 aliphatic rings. The lowest BCUT2D eigenvalue weighted by Gasteiger charge is -2.37. The highest BCUT2D eigenvalue weighted by Gasteiger charge is 2.40. The predicted molar refractivity (Wildman–Crippen MR) is 79.9 cm³/mol. The van der Waals surface area contributed by atoms with Gasteiger partial charge in [-0.15, -0.1) is 0 Å². The minimum Gasteiger partial charge on any atom is -0.352 e. The first-order chi connectivity index (χ1) is 10.2. The standard InChI is InChI=1S/C16H28N2O3/c1-13-4-2-3-5-14(13)17-15(19)12-18-8-6-16(7-9-18)20-10-11-21-16/h13-14H,2-12H2,1H3,(H,17,19)/t13-,14-/m0/s1. The lowest BCUT2D eigenvalue weighted by molar-refractivity contribution is -0.185. The van der Waals surface area contributed by atoms with Crippen LogP contribution in [0.3, 0.4) is 0 Å². The number of nitrogens with one attached hydrogen (secondary N) is 1. The van der Waals surface area contributed by atoms with Crippen LogP contribution in [0.2, 0.25) is 0 Å². The molecule has 0 aromatic heterocycles. The van der Waals surface area contributed by atoms with Crippen molar-refractivity contribution in [1.82, 2.24) is 10.2 Å². The molecule has 1 saturated carbocycles. The molecule has 2 atom stereocenters. The number of carbonyl (C=O) groups excluding carboxylic acids is 1. The van der Waals surface area contributed by atoms with Crippen LogP contribution in [0.5, 0.6) is 0 Å². The van der Waals surface area contributed by atoms with Gasteiger partial charge in [-0.1, -0.05) is 19.8 Å². The highest BCUT2D eigenvalue weighted by atomic mass is 16.7. The van der Waals surface area contributed by atoms with Crippen LogP contribution in [0.15, 0.2) is 0 Å². The van der Waals surface area contributed by atoms with Crippen molar-refractivity contribution >= 4 is 5.91 Å². The Kier molecular flexibility index (Phi) is 4.82. The summed E-state index contributed by atoms with van der Waals surface area (Å²) in [4.78, 5) is 14.4. The number of hydrogen-bond donors (Lipinski definition) is 1. The zero-order valence-electron chi connectivity index (χ0n) is 13.1. The first kappa shape index (κ1) is 15.3. The molecule has 0 radical (unpaired) electrons. The van der Waals surface area contributed by atoms with E-state index in [9.17, 15) is 4.79 Å². The third kappa shape index (κ3) is 3.76. The third-order valence-electron chi connectivity index (χ3n) is 5.26. The SMILES string of the molecule is C[C@H]1CCCC[C@@H]1NC(=O)CN1CCC2(CC1)OCCO2.